The Morgan fingerprint density at radius 3 is 2.25 bits per heavy atom. The van der Waals surface area contributed by atoms with E-state index in [0.29, 0.717) is 23.0 Å². The van der Waals surface area contributed by atoms with Gasteiger partial charge in [0.05, 0.1) is 10.6 Å². The number of sulfonamides is 1. The van der Waals surface area contributed by atoms with Crippen LogP contribution < -0.4 is 9.62 Å². The normalized spacial score (nSPS) is 12.0. The number of hydrogen-bond donors (Lipinski definition) is 1. The molecule has 3 aromatic carbocycles. The van der Waals surface area contributed by atoms with Gasteiger partial charge in [-0.15, -0.1) is 0 Å². The number of unbranched alkanes of at least 4 members (excludes halogenated alkanes) is 1. The second-order valence-corrected chi connectivity index (χ2v) is 12.3. The summed E-state index contributed by atoms with van der Waals surface area (Å²) in [5.41, 5.74) is 2.07. The molecule has 0 bridgehead atoms. The summed E-state index contributed by atoms with van der Waals surface area (Å²) < 4.78 is 28.7. The van der Waals surface area contributed by atoms with Gasteiger partial charge < -0.3 is 10.2 Å². The highest BCUT2D eigenvalue weighted by atomic mass is 35.5. The van der Waals surface area contributed by atoms with Gasteiger partial charge in [0.2, 0.25) is 11.8 Å². The maximum atomic E-state index is 14.1. The quantitative estimate of drug-likeness (QED) is 0.235. The van der Waals surface area contributed by atoms with Gasteiger partial charge in [-0.05, 0) is 67.8 Å². The van der Waals surface area contributed by atoms with Crippen LogP contribution in [0.3, 0.4) is 0 Å². The van der Waals surface area contributed by atoms with Crippen molar-refractivity contribution >= 4 is 50.7 Å². The second-order valence-electron chi connectivity index (χ2n) is 9.52. The molecule has 40 heavy (non-hydrogen) atoms. The lowest BCUT2D eigenvalue weighted by Gasteiger charge is -2.33. The second kappa shape index (κ2) is 14.5. The molecule has 0 aliphatic carbocycles. The summed E-state index contributed by atoms with van der Waals surface area (Å²) in [5, 5.41) is 3.63. The van der Waals surface area contributed by atoms with Crippen molar-refractivity contribution in [2.24, 2.45) is 0 Å². The summed E-state index contributed by atoms with van der Waals surface area (Å²) >= 11 is 12.2. The SMILES string of the molecule is CCCCNC(=O)[C@H](CC)N(Cc1cccc(C)c1)C(=O)CN(c1cccc(Cl)c1)S(=O)(=O)c1ccc(Cl)cc1. The van der Waals surface area contributed by atoms with E-state index in [1.807, 2.05) is 45.0 Å². The minimum atomic E-state index is -4.20. The molecule has 0 unspecified atom stereocenters. The van der Waals surface area contributed by atoms with Crippen molar-refractivity contribution in [3.63, 3.8) is 0 Å². The van der Waals surface area contributed by atoms with Gasteiger partial charge in [0.1, 0.15) is 12.6 Å². The molecule has 3 rings (SSSR count). The number of aryl methyl sites for hydroxylation is 1. The maximum Gasteiger partial charge on any atom is 0.264 e. The monoisotopic (exact) mass is 603 g/mol. The Bertz CT molecular complexity index is 1410. The van der Waals surface area contributed by atoms with E-state index < -0.39 is 28.5 Å². The predicted molar refractivity (Wildman–Crippen MR) is 161 cm³/mol. The number of amides is 2. The van der Waals surface area contributed by atoms with E-state index in [4.69, 9.17) is 23.2 Å². The van der Waals surface area contributed by atoms with Gasteiger partial charge in [-0.2, -0.15) is 0 Å². The first kappa shape index (κ1) is 31.5. The largest absolute Gasteiger partial charge is 0.354 e. The summed E-state index contributed by atoms with van der Waals surface area (Å²) in [6.45, 7) is 5.92. The smallest absolute Gasteiger partial charge is 0.264 e. The molecule has 0 aliphatic heterocycles. The van der Waals surface area contributed by atoms with Crippen molar-refractivity contribution in [2.75, 3.05) is 17.4 Å². The van der Waals surface area contributed by atoms with Gasteiger partial charge >= 0.3 is 0 Å². The lowest BCUT2D eigenvalue weighted by molar-refractivity contribution is -0.140. The highest BCUT2D eigenvalue weighted by Gasteiger charge is 2.33. The Morgan fingerprint density at radius 2 is 1.62 bits per heavy atom. The van der Waals surface area contributed by atoms with Crippen LogP contribution in [0, 0.1) is 6.92 Å². The summed E-state index contributed by atoms with van der Waals surface area (Å²) in [4.78, 5) is 28.7. The Hall–Kier alpha value is -3.07. The van der Waals surface area contributed by atoms with Crippen LogP contribution in [0.25, 0.3) is 0 Å². The number of hydrogen-bond acceptors (Lipinski definition) is 4. The van der Waals surface area contributed by atoms with Gasteiger partial charge in [-0.1, -0.05) is 79.4 Å². The third-order valence-electron chi connectivity index (χ3n) is 6.43. The molecule has 0 radical (unpaired) electrons. The predicted octanol–water partition coefficient (Wildman–Crippen LogP) is 6.22. The molecule has 0 heterocycles. The Balaban J connectivity index is 2.04. The summed E-state index contributed by atoms with van der Waals surface area (Å²) in [5.74, 6) is -0.789. The van der Waals surface area contributed by atoms with E-state index in [9.17, 15) is 18.0 Å². The molecule has 3 aromatic rings. The van der Waals surface area contributed by atoms with Crippen molar-refractivity contribution in [3.8, 4) is 0 Å². The Morgan fingerprint density at radius 1 is 0.925 bits per heavy atom. The molecule has 1 atom stereocenters. The van der Waals surface area contributed by atoms with Crippen LogP contribution in [0.2, 0.25) is 10.0 Å². The van der Waals surface area contributed by atoms with E-state index in [1.54, 1.807) is 18.2 Å². The zero-order valence-corrected chi connectivity index (χ0v) is 25.3. The van der Waals surface area contributed by atoms with Gasteiger partial charge in [-0.25, -0.2) is 8.42 Å². The zero-order valence-electron chi connectivity index (χ0n) is 22.9. The van der Waals surface area contributed by atoms with Crippen molar-refractivity contribution in [1.82, 2.24) is 10.2 Å². The first-order valence-electron chi connectivity index (χ1n) is 13.2. The number of anilines is 1. The zero-order chi connectivity index (χ0) is 29.3. The van der Waals surface area contributed by atoms with E-state index in [-0.39, 0.29) is 23.0 Å². The molecule has 214 valence electrons. The minimum absolute atomic E-state index is 0.0285. The fraction of sp³-hybridized carbons (Fsp3) is 0.333. The molecule has 0 aromatic heterocycles. The summed E-state index contributed by atoms with van der Waals surface area (Å²) in [6.07, 6.45) is 2.09. The van der Waals surface area contributed by atoms with E-state index in [1.165, 1.54) is 35.2 Å². The number of benzene rings is 3. The first-order valence-corrected chi connectivity index (χ1v) is 15.4. The molecule has 0 saturated heterocycles. The van der Waals surface area contributed by atoms with Crippen LogP contribution >= 0.6 is 23.2 Å². The molecule has 0 aliphatic rings. The molecule has 2 amide bonds. The summed E-state index contributed by atoms with van der Waals surface area (Å²) in [7, 11) is -4.20. The highest BCUT2D eigenvalue weighted by Crippen LogP contribution is 2.27. The topological polar surface area (TPSA) is 86.8 Å². The van der Waals surface area contributed by atoms with Crippen LogP contribution in [-0.2, 0) is 26.2 Å². The lowest BCUT2D eigenvalue weighted by Crippen LogP contribution is -2.52. The number of rotatable bonds is 13. The fourth-order valence-electron chi connectivity index (χ4n) is 4.33. The van der Waals surface area contributed by atoms with Crippen LogP contribution in [0.1, 0.15) is 44.2 Å². The molecule has 0 spiro atoms. The molecule has 10 heteroatoms. The van der Waals surface area contributed by atoms with Crippen molar-refractivity contribution in [2.45, 2.75) is 57.5 Å². The van der Waals surface area contributed by atoms with Crippen LogP contribution in [0.5, 0.6) is 0 Å². The Labute approximate surface area is 247 Å². The third-order valence-corrected chi connectivity index (χ3v) is 8.70. The highest BCUT2D eigenvalue weighted by molar-refractivity contribution is 7.92. The maximum absolute atomic E-state index is 14.1. The molecule has 7 nitrogen and oxygen atoms in total. The van der Waals surface area contributed by atoms with Gasteiger partial charge in [0.15, 0.2) is 0 Å². The van der Waals surface area contributed by atoms with E-state index >= 15 is 0 Å². The number of carbonyl (C=O) groups excluding carboxylic acids is 2. The molecule has 0 fully saturated rings. The van der Waals surface area contributed by atoms with Crippen molar-refractivity contribution in [3.05, 3.63) is 94.0 Å². The van der Waals surface area contributed by atoms with Crippen LogP contribution in [0.4, 0.5) is 5.69 Å². The van der Waals surface area contributed by atoms with Crippen LogP contribution in [0.15, 0.2) is 77.7 Å². The standard InChI is InChI=1S/C30H35Cl2N3O4S/c1-4-6-17-33-30(37)28(5-2)34(20-23-10-7-9-22(3)18-23)29(36)21-35(26-12-8-11-25(32)19-26)40(38,39)27-15-13-24(31)14-16-27/h7-16,18-19,28H,4-6,17,20-21H2,1-3H3,(H,33,37)/t28-/m0/s1. The average molecular weight is 605 g/mol. The lowest BCUT2D eigenvalue weighted by atomic mass is 10.1. The third kappa shape index (κ3) is 8.22. The van der Waals surface area contributed by atoms with Crippen LogP contribution in [-0.4, -0.2) is 44.3 Å². The number of nitrogens with zero attached hydrogens (tertiary/aromatic N) is 2. The molecule has 1 N–H and O–H groups in total. The first-order chi connectivity index (χ1) is 19.1. The van der Waals surface area contributed by atoms with E-state index in [2.05, 4.69) is 5.32 Å². The number of nitrogens with one attached hydrogen (secondary N) is 1. The van der Waals surface area contributed by atoms with Gasteiger partial charge in [0.25, 0.3) is 10.0 Å². The molecular weight excluding hydrogens is 569 g/mol. The van der Waals surface area contributed by atoms with E-state index in [0.717, 1.165) is 28.3 Å². The molecular formula is C30H35Cl2N3O4S. The number of carbonyl (C=O) groups is 2. The van der Waals surface area contributed by atoms with Crippen molar-refractivity contribution in [1.29, 1.82) is 0 Å². The molecule has 0 saturated carbocycles. The summed E-state index contributed by atoms with van der Waals surface area (Å²) in [6, 6.07) is 18.9. The fourth-order valence-corrected chi connectivity index (χ4v) is 6.04. The Kier molecular flexibility index (Phi) is 11.4. The average Bonchev–Trinajstić information content (AvgIpc) is 2.91. The van der Waals surface area contributed by atoms with Gasteiger partial charge in [-0.3, -0.25) is 13.9 Å². The van der Waals surface area contributed by atoms with Crippen molar-refractivity contribution < 1.29 is 18.0 Å². The number of halogens is 2. The van der Waals surface area contributed by atoms with Gasteiger partial charge in [0, 0.05) is 23.1 Å². The minimum Gasteiger partial charge on any atom is -0.354 e.